The van der Waals surface area contributed by atoms with E-state index in [4.69, 9.17) is 11.5 Å². The number of rotatable bonds is 5. The topological polar surface area (TPSA) is 67.6 Å². The van der Waals surface area contributed by atoms with Gasteiger partial charge in [0.1, 0.15) is 6.17 Å². The number of benzene rings is 1. The highest BCUT2D eigenvalue weighted by Gasteiger charge is 2.33. The van der Waals surface area contributed by atoms with Crippen LogP contribution in [0, 0.1) is 0 Å². The van der Waals surface area contributed by atoms with E-state index in [1.807, 2.05) is 0 Å². The Morgan fingerprint density at radius 3 is 2.74 bits per heavy atom. The van der Waals surface area contributed by atoms with E-state index >= 15 is 0 Å². The van der Waals surface area contributed by atoms with E-state index in [2.05, 4.69) is 48.0 Å². The van der Waals surface area contributed by atoms with Crippen LogP contribution in [0.2, 0.25) is 0 Å². The van der Waals surface area contributed by atoms with Gasteiger partial charge in [-0.05, 0) is 24.0 Å². The molecule has 19 heavy (non-hydrogen) atoms. The van der Waals surface area contributed by atoms with Crippen LogP contribution in [0.3, 0.4) is 0 Å². The van der Waals surface area contributed by atoms with Crippen molar-refractivity contribution in [3.63, 3.8) is 0 Å². The summed E-state index contributed by atoms with van der Waals surface area (Å²) in [6.45, 7) is 5.29. The standard InChI is InChI=1S/C15H24N4/c1-3-7-13-12-9-6-5-8-11(12)10-19(13)14(4-2)18-15(16)17/h5-6,8-9,13-14H,3-4,7,10H2,1-2H3,(H4,16,17,18). The quantitative estimate of drug-likeness (QED) is 0.631. The number of guanidine groups is 1. The maximum absolute atomic E-state index is 5.56. The summed E-state index contributed by atoms with van der Waals surface area (Å²) < 4.78 is 0. The number of hydrogen-bond acceptors (Lipinski definition) is 2. The first-order valence-corrected chi connectivity index (χ1v) is 7.09. The largest absolute Gasteiger partial charge is 0.370 e. The van der Waals surface area contributed by atoms with Gasteiger partial charge in [0.25, 0.3) is 0 Å². The van der Waals surface area contributed by atoms with Crippen LogP contribution < -0.4 is 11.5 Å². The van der Waals surface area contributed by atoms with E-state index < -0.39 is 0 Å². The normalized spacial score (nSPS) is 20.0. The second kappa shape index (κ2) is 6.06. The summed E-state index contributed by atoms with van der Waals surface area (Å²) in [4.78, 5) is 6.82. The van der Waals surface area contributed by atoms with Crippen LogP contribution in [0.25, 0.3) is 0 Å². The molecule has 1 aliphatic rings. The molecule has 4 heteroatoms. The van der Waals surface area contributed by atoms with Crippen molar-refractivity contribution in [2.24, 2.45) is 16.5 Å². The Kier molecular flexibility index (Phi) is 4.43. The third-order valence-electron chi connectivity index (χ3n) is 3.78. The molecule has 1 aliphatic heterocycles. The second-order valence-corrected chi connectivity index (χ2v) is 5.12. The zero-order chi connectivity index (χ0) is 13.8. The Balaban J connectivity index is 2.29. The van der Waals surface area contributed by atoms with Crippen molar-refractivity contribution >= 4 is 5.96 Å². The summed E-state index contributed by atoms with van der Waals surface area (Å²) in [5.41, 5.74) is 14.0. The molecule has 1 aromatic rings. The molecular formula is C15H24N4. The highest BCUT2D eigenvalue weighted by Crippen LogP contribution is 2.38. The minimum Gasteiger partial charge on any atom is -0.370 e. The Morgan fingerprint density at radius 2 is 2.11 bits per heavy atom. The molecule has 0 spiro atoms. The molecule has 0 amide bonds. The van der Waals surface area contributed by atoms with Gasteiger partial charge < -0.3 is 11.5 Å². The molecule has 4 nitrogen and oxygen atoms in total. The van der Waals surface area contributed by atoms with Crippen LogP contribution in [0.4, 0.5) is 0 Å². The molecule has 4 N–H and O–H groups in total. The summed E-state index contributed by atoms with van der Waals surface area (Å²) in [5, 5.41) is 0. The van der Waals surface area contributed by atoms with E-state index in [1.54, 1.807) is 0 Å². The fourth-order valence-corrected chi connectivity index (χ4v) is 2.97. The van der Waals surface area contributed by atoms with Crippen molar-refractivity contribution in [1.82, 2.24) is 4.90 Å². The first-order valence-electron chi connectivity index (χ1n) is 7.09. The molecule has 2 rings (SSSR count). The van der Waals surface area contributed by atoms with Crippen molar-refractivity contribution in [2.45, 2.75) is 51.9 Å². The van der Waals surface area contributed by atoms with Crippen LogP contribution >= 0.6 is 0 Å². The van der Waals surface area contributed by atoms with Crippen LogP contribution in [-0.2, 0) is 6.54 Å². The third kappa shape index (κ3) is 2.89. The monoisotopic (exact) mass is 260 g/mol. The van der Waals surface area contributed by atoms with E-state index in [0.29, 0.717) is 6.04 Å². The molecule has 0 radical (unpaired) electrons. The van der Waals surface area contributed by atoms with Crippen molar-refractivity contribution in [2.75, 3.05) is 0 Å². The lowest BCUT2D eigenvalue weighted by atomic mass is 10.0. The van der Waals surface area contributed by atoms with Gasteiger partial charge in [-0.1, -0.05) is 44.5 Å². The lowest BCUT2D eigenvalue weighted by Crippen LogP contribution is -2.36. The molecule has 0 fully saturated rings. The number of hydrogen-bond donors (Lipinski definition) is 2. The molecule has 104 valence electrons. The molecule has 2 unspecified atom stereocenters. The zero-order valence-electron chi connectivity index (χ0n) is 11.8. The smallest absolute Gasteiger partial charge is 0.187 e. The van der Waals surface area contributed by atoms with Crippen molar-refractivity contribution < 1.29 is 0 Å². The van der Waals surface area contributed by atoms with Gasteiger partial charge in [0.15, 0.2) is 5.96 Å². The molecule has 0 saturated carbocycles. The number of aliphatic imine (C=N–C) groups is 1. The minimum atomic E-state index is 0.0777. The minimum absolute atomic E-state index is 0.0777. The number of nitrogens with two attached hydrogens (primary N) is 2. The fraction of sp³-hybridized carbons (Fsp3) is 0.533. The van der Waals surface area contributed by atoms with Crippen LogP contribution in [0.15, 0.2) is 29.3 Å². The number of nitrogens with zero attached hydrogens (tertiary/aromatic N) is 2. The Bertz CT molecular complexity index is 451. The highest BCUT2D eigenvalue weighted by molar-refractivity contribution is 5.75. The van der Waals surface area contributed by atoms with Gasteiger partial charge in [0, 0.05) is 12.6 Å². The highest BCUT2D eigenvalue weighted by atomic mass is 15.3. The van der Waals surface area contributed by atoms with Crippen molar-refractivity contribution in [3.8, 4) is 0 Å². The van der Waals surface area contributed by atoms with Gasteiger partial charge in [-0.2, -0.15) is 0 Å². The van der Waals surface area contributed by atoms with Crippen molar-refractivity contribution in [1.29, 1.82) is 0 Å². The Morgan fingerprint density at radius 1 is 1.37 bits per heavy atom. The van der Waals surface area contributed by atoms with Gasteiger partial charge in [-0.3, -0.25) is 4.90 Å². The van der Waals surface area contributed by atoms with E-state index in [9.17, 15) is 0 Å². The lowest BCUT2D eigenvalue weighted by Gasteiger charge is -2.30. The third-order valence-corrected chi connectivity index (χ3v) is 3.78. The Hall–Kier alpha value is -1.55. The van der Waals surface area contributed by atoms with E-state index in [0.717, 1.165) is 25.8 Å². The molecule has 0 aromatic heterocycles. The summed E-state index contributed by atoms with van der Waals surface area (Å²) in [6.07, 6.45) is 3.31. The Labute approximate surface area is 115 Å². The molecule has 0 bridgehead atoms. The van der Waals surface area contributed by atoms with Gasteiger partial charge >= 0.3 is 0 Å². The molecule has 0 saturated heterocycles. The van der Waals surface area contributed by atoms with Crippen LogP contribution in [-0.4, -0.2) is 17.0 Å². The fourth-order valence-electron chi connectivity index (χ4n) is 2.97. The summed E-state index contributed by atoms with van der Waals surface area (Å²) in [5.74, 6) is 0.179. The average molecular weight is 260 g/mol. The summed E-state index contributed by atoms with van der Waals surface area (Å²) in [6, 6.07) is 9.10. The molecule has 2 atom stereocenters. The van der Waals surface area contributed by atoms with Crippen molar-refractivity contribution in [3.05, 3.63) is 35.4 Å². The van der Waals surface area contributed by atoms with Gasteiger partial charge in [-0.15, -0.1) is 0 Å². The molecular weight excluding hydrogens is 236 g/mol. The van der Waals surface area contributed by atoms with Crippen LogP contribution in [0.1, 0.15) is 50.3 Å². The maximum Gasteiger partial charge on any atom is 0.187 e. The predicted molar refractivity (Wildman–Crippen MR) is 79.5 cm³/mol. The SMILES string of the molecule is CCCC1c2ccccc2CN1C(CC)N=C(N)N. The lowest BCUT2D eigenvalue weighted by molar-refractivity contribution is 0.138. The second-order valence-electron chi connectivity index (χ2n) is 5.12. The average Bonchev–Trinajstić information content (AvgIpc) is 2.75. The molecule has 0 aliphatic carbocycles. The van der Waals surface area contributed by atoms with Gasteiger partial charge in [-0.25, -0.2) is 4.99 Å². The zero-order valence-corrected chi connectivity index (χ0v) is 11.8. The number of fused-ring (bicyclic) bond motifs is 1. The van der Waals surface area contributed by atoms with Gasteiger partial charge in [0.2, 0.25) is 0 Å². The molecule has 1 aromatic carbocycles. The predicted octanol–water partition coefficient (Wildman–Crippen LogP) is 2.35. The first kappa shape index (κ1) is 13.9. The van der Waals surface area contributed by atoms with Gasteiger partial charge in [0.05, 0.1) is 0 Å². The molecule has 1 heterocycles. The maximum atomic E-state index is 5.56. The first-order chi connectivity index (χ1) is 9.17. The van der Waals surface area contributed by atoms with E-state index in [-0.39, 0.29) is 12.1 Å². The summed E-state index contributed by atoms with van der Waals surface area (Å²) >= 11 is 0. The van der Waals surface area contributed by atoms with E-state index in [1.165, 1.54) is 11.1 Å². The summed E-state index contributed by atoms with van der Waals surface area (Å²) in [7, 11) is 0. The van der Waals surface area contributed by atoms with Crippen LogP contribution in [0.5, 0.6) is 0 Å².